The number of aromatic nitrogens is 2. The van der Waals surface area contributed by atoms with Crippen LogP contribution in [-0.2, 0) is 44.0 Å². The first kappa shape index (κ1) is 37.8. The van der Waals surface area contributed by atoms with Crippen LogP contribution in [0.2, 0.25) is 0 Å². The van der Waals surface area contributed by atoms with Crippen molar-refractivity contribution in [3.63, 3.8) is 0 Å². The van der Waals surface area contributed by atoms with Gasteiger partial charge in [0.15, 0.2) is 0 Å². The van der Waals surface area contributed by atoms with Crippen molar-refractivity contribution in [2.45, 2.75) is 105 Å². The van der Waals surface area contributed by atoms with Gasteiger partial charge in [-0.25, -0.2) is 0 Å². The molecule has 0 atom stereocenters. The Morgan fingerprint density at radius 3 is 1.62 bits per heavy atom. The maximum atomic E-state index is 5.33. The molecule has 5 aromatic carbocycles. The van der Waals surface area contributed by atoms with Crippen molar-refractivity contribution in [3.05, 3.63) is 126 Å². The summed E-state index contributed by atoms with van der Waals surface area (Å²) >= 11 is 0. The average molecular weight is 865 g/mol. The SMILES string of the molecule is CC(C)(C)c1cc(-c2[c-]c(-c3cc(C(C)(C)C)cc4c3[n-]c3ccc(C(C)(C)C)cc34)cc(C(C)(C)C)c2)[c-]c(-c2nccc3ccccc23)c1.[Au+3]. The molecular formula is C49H51AuN2. The van der Waals surface area contributed by atoms with Gasteiger partial charge in [0.05, 0.1) is 0 Å². The van der Waals surface area contributed by atoms with Crippen molar-refractivity contribution in [2.24, 2.45) is 0 Å². The summed E-state index contributed by atoms with van der Waals surface area (Å²) in [5.74, 6) is 0. The molecule has 0 N–H and O–H groups in total. The van der Waals surface area contributed by atoms with Crippen molar-refractivity contribution in [1.82, 2.24) is 9.97 Å². The monoisotopic (exact) mass is 864 g/mol. The van der Waals surface area contributed by atoms with E-state index in [-0.39, 0.29) is 44.0 Å². The van der Waals surface area contributed by atoms with Crippen molar-refractivity contribution in [1.29, 1.82) is 0 Å². The zero-order chi connectivity index (χ0) is 36.7. The third kappa shape index (κ3) is 7.19. The fraction of sp³-hybridized carbons (Fsp3) is 0.327. The summed E-state index contributed by atoms with van der Waals surface area (Å²) in [7, 11) is 0. The van der Waals surface area contributed by atoms with Crippen molar-refractivity contribution < 1.29 is 22.4 Å². The minimum absolute atomic E-state index is 0. The van der Waals surface area contributed by atoms with E-state index in [1.54, 1.807) is 0 Å². The van der Waals surface area contributed by atoms with Gasteiger partial charge in [0.2, 0.25) is 0 Å². The first-order chi connectivity index (χ1) is 23.8. The van der Waals surface area contributed by atoms with Crippen LogP contribution in [0, 0.1) is 12.1 Å². The zero-order valence-electron chi connectivity index (χ0n) is 32.9. The Bertz CT molecular complexity index is 2450. The molecule has 0 aliphatic rings. The van der Waals surface area contributed by atoms with Gasteiger partial charge in [0.1, 0.15) is 0 Å². The fourth-order valence-electron chi connectivity index (χ4n) is 6.94. The molecule has 0 unspecified atom stereocenters. The van der Waals surface area contributed by atoms with E-state index < -0.39 is 0 Å². The summed E-state index contributed by atoms with van der Waals surface area (Å²) in [6.45, 7) is 27.4. The molecule has 0 aliphatic carbocycles. The number of benzene rings is 5. The van der Waals surface area contributed by atoms with Gasteiger partial charge in [0.25, 0.3) is 0 Å². The first-order valence-corrected chi connectivity index (χ1v) is 18.3. The molecule has 7 rings (SSSR count). The summed E-state index contributed by atoms with van der Waals surface area (Å²) in [4.78, 5) is 10.2. The first-order valence-electron chi connectivity index (χ1n) is 18.3. The number of nitrogens with zero attached hydrogens (tertiary/aromatic N) is 2. The summed E-state index contributed by atoms with van der Waals surface area (Å²) in [5, 5.41) is 4.73. The normalized spacial score (nSPS) is 12.8. The van der Waals surface area contributed by atoms with Gasteiger partial charge in [0, 0.05) is 11.9 Å². The van der Waals surface area contributed by atoms with Crippen molar-refractivity contribution in [3.8, 4) is 33.5 Å². The Labute approximate surface area is 327 Å². The smallest absolute Gasteiger partial charge is 0.663 e. The second-order valence-corrected chi connectivity index (χ2v) is 18.5. The zero-order valence-corrected chi connectivity index (χ0v) is 35.0. The van der Waals surface area contributed by atoms with E-state index >= 15 is 0 Å². The number of hydrogen-bond acceptors (Lipinski definition) is 1. The molecule has 0 saturated heterocycles. The molecule has 3 heteroatoms. The van der Waals surface area contributed by atoms with Gasteiger partial charge in [-0.05, 0) is 60.4 Å². The largest absolute Gasteiger partial charge is 3.00 e. The van der Waals surface area contributed by atoms with Crippen LogP contribution in [0.15, 0.2) is 91.1 Å². The van der Waals surface area contributed by atoms with E-state index in [2.05, 4.69) is 180 Å². The third-order valence-corrected chi connectivity index (χ3v) is 10.3. The van der Waals surface area contributed by atoms with E-state index in [4.69, 9.17) is 9.97 Å². The van der Waals surface area contributed by atoms with Gasteiger partial charge in [-0.15, -0.1) is 39.9 Å². The molecule has 0 amide bonds. The summed E-state index contributed by atoms with van der Waals surface area (Å²) < 4.78 is 0. The van der Waals surface area contributed by atoms with Gasteiger partial charge in [-0.2, -0.15) is 40.9 Å². The number of rotatable bonds is 3. The third-order valence-electron chi connectivity index (χ3n) is 10.3. The van der Waals surface area contributed by atoms with Crippen LogP contribution in [0.4, 0.5) is 0 Å². The number of hydrogen-bond donors (Lipinski definition) is 0. The molecule has 0 aliphatic heterocycles. The summed E-state index contributed by atoms with van der Waals surface area (Å²) in [6, 6.07) is 39.1. The molecule has 52 heavy (non-hydrogen) atoms. The fourth-order valence-corrected chi connectivity index (χ4v) is 6.94. The molecule has 0 radical (unpaired) electrons. The van der Waals surface area contributed by atoms with E-state index in [1.807, 2.05) is 6.20 Å². The van der Waals surface area contributed by atoms with E-state index in [9.17, 15) is 0 Å². The minimum Gasteiger partial charge on any atom is -0.663 e. The molecule has 0 bridgehead atoms. The van der Waals surface area contributed by atoms with Crippen LogP contribution >= 0.6 is 0 Å². The average Bonchev–Trinajstić information content (AvgIpc) is 3.44. The molecule has 0 saturated carbocycles. The van der Waals surface area contributed by atoms with Crippen molar-refractivity contribution >= 4 is 32.6 Å². The Balaban J connectivity index is 0.00000464. The second kappa shape index (κ2) is 13.2. The number of fused-ring (bicyclic) bond motifs is 4. The molecular weight excluding hydrogens is 814 g/mol. The molecule has 0 spiro atoms. The molecule has 7 aromatic rings. The van der Waals surface area contributed by atoms with Crippen molar-refractivity contribution in [2.75, 3.05) is 0 Å². The standard InChI is InChI=1S/C49H51N2.Au/c1-46(2,3)35-17-18-43-41(27-35)42-29-38(49(10,11)12)28-40(45(42)51-43)33-21-31(23-36(25-33)47(4,5)6)32-22-34(26-37(24-32)48(7,8)9)44-39-16-14-13-15-30(39)19-20-50-44;/h13-20,23-29H,1-12H3;/q-3;+3. The number of pyridine rings is 1. The Hall–Kier alpha value is -3.95. The minimum atomic E-state index is -0.0905. The van der Waals surface area contributed by atoms with Gasteiger partial charge < -0.3 is 4.98 Å². The predicted molar refractivity (Wildman–Crippen MR) is 219 cm³/mol. The maximum Gasteiger partial charge on any atom is 3.00 e. The Kier molecular flexibility index (Phi) is 9.57. The molecule has 2 heterocycles. The van der Waals surface area contributed by atoms with E-state index in [0.29, 0.717) is 0 Å². The quantitative estimate of drug-likeness (QED) is 0.131. The molecule has 2 nitrogen and oxygen atoms in total. The van der Waals surface area contributed by atoms with Crippen LogP contribution in [0.3, 0.4) is 0 Å². The van der Waals surface area contributed by atoms with Crippen LogP contribution in [0.5, 0.6) is 0 Å². The van der Waals surface area contributed by atoms with Gasteiger partial charge in [-0.3, -0.25) is 4.98 Å². The predicted octanol–water partition coefficient (Wildman–Crippen LogP) is 13.3. The summed E-state index contributed by atoms with van der Waals surface area (Å²) in [5.41, 5.74) is 13.2. The van der Waals surface area contributed by atoms with E-state index in [1.165, 1.54) is 38.4 Å². The molecule has 268 valence electrons. The topological polar surface area (TPSA) is 27.0 Å². The van der Waals surface area contributed by atoms with Gasteiger partial charge in [-0.1, -0.05) is 143 Å². The van der Waals surface area contributed by atoms with Crippen LogP contribution in [-0.4, -0.2) is 4.98 Å². The van der Waals surface area contributed by atoms with E-state index in [0.717, 1.165) is 49.9 Å². The maximum absolute atomic E-state index is 5.33. The summed E-state index contributed by atoms with van der Waals surface area (Å²) in [6.07, 6.45) is 1.91. The molecule has 2 aromatic heterocycles. The Morgan fingerprint density at radius 1 is 0.481 bits per heavy atom. The molecule has 0 fully saturated rings. The van der Waals surface area contributed by atoms with Crippen LogP contribution < -0.4 is 4.98 Å². The second-order valence-electron chi connectivity index (χ2n) is 18.5. The van der Waals surface area contributed by atoms with Crippen LogP contribution in [0.25, 0.3) is 66.1 Å². The Morgan fingerprint density at radius 2 is 1.00 bits per heavy atom. The van der Waals surface area contributed by atoms with Gasteiger partial charge >= 0.3 is 22.4 Å². The van der Waals surface area contributed by atoms with Crippen LogP contribution in [0.1, 0.15) is 105 Å².